The number of nitrogens with zero attached hydrogens (tertiary/aromatic N) is 1. The third-order valence-corrected chi connectivity index (χ3v) is 9.46. The lowest BCUT2D eigenvalue weighted by Gasteiger charge is -2.22. The molecule has 0 unspecified atom stereocenters. The number of para-hydroxylation sites is 1. The summed E-state index contributed by atoms with van der Waals surface area (Å²) in [7, 11) is 0. The molecule has 9 rings (SSSR count). The van der Waals surface area contributed by atoms with E-state index in [1.807, 2.05) is 43.3 Å². The van der Waals surface area contributed by atoms with E-state index in [4.69, 9.17) is 14.8 Å². The Balaban J connectivity index is 1.11. The molecule has 226 valence electrons. The second-order valence-electron chi connectivity index (χ2n) is 12.2. The quantitative estimate of drug-likeness (QED) is 0.211. The van der Waals surface area contributed by atoms with Crippen LogP contribution in [0.15, 0.2) is 167 Å². The summed E-state index contributed by atoms with van der Waals surface area (Å²) >= 11 is 0. The Bertz CT molecular complexity index is 2650. The maximum Gasteiger partial charge on any atom is 0.143 e. The van der Waals surface area contributed by atoms with Gasteiger partial charge in [0.1, 0.15) is 11.2 Å². The lowest BCUT2D eigenvalue weighted by molar-refractivity contribution is 0.670. The summed E-state index contributed by atoms with van der Waals surface area (Å²) < 4.78 is 6.55. The van der Waals surface area contributed by atoms with Crippen molar-refractivity contribution >= 4 is 49.8 Å². The van der Waals surface area contributed by atoms with Gasteiger partial charge in [-0.15, -0.1) is 0 Å². The minimum absolute atomic E-state index is 0.445. The molecule has 1 N–H and O–H groups in total. The number of furan rings is 1. The molecule has 1 aliphatic carbocycles. The van der Waals surface area contributed by atoms with Gasteiger partial charge in [0.05, 0.1) is 17.1 Å². The summed E-state index contributed by atoms with van der Waals surface area (Å²) in [4.78, 5) is 5.16. The monoisotopic (exact) mass is 614 g/mol. The normalized spacial score (nSPS) is 13.7. The Morgan fingerprint density at radius 2 is 1.19 bits per heavy atom. The molecule has 0 fully saturated rings. The molecule has 7 aromatic carbocycles. The molecule has 0 saturated heterocycles. The molecule has 8 aromatic rings. The molecular formula is C45H30N2O. The van der Waals surface area contributed by atoms with Crippen LogP contribution in [0, 0.1) is 5.41 Å². The number of hydrogen-bond donors (Lipinski definition) is 1. The first-order valence-corrected chi connectivity index (χ1v) is 16.3. The number of benzene rings is 7. The molecule has 0 aliphatic heterocycles. The highest BCUT2D eigenvalue weighted by Gasteiger charge is 2.25. The van der Waals surface area contributed by atoms with Gasteiger partial charge in [0, 0.05) is 33.0 Å². The second kappa shape index (κ2) is 11.2. The van der Waals surface area contributed by atoms with Crippen LogP contribution in [0.25, 0.3) is 71.8 Å². The summed E-state index contributed by atoms with van der Waals surface area (Å²) in [5.74, 6) is 0. The summed E-state index contributed by atoms with van der Waals surface area (Å²) in [6.45, 7) is 2.01. The predicted molar refractivity (Wildman–Crippen MR) is 201 cm³/mol. The van der Waals surface area contributed by atoms with Crippen molar-refractivity contribution in [1.29, 1.82) is 5.41 Å². The minimum atomic E-state index is 0.445. The van der Waals surface area contributed by atoms with E-state index in [9.17, 15) is 0 Å². The van der Waals surface area contributed by atoms with E-state index in [2.05, 4.69) is 121 Å². The van der Waals surface area contributed by atoms with Gasteiger partial charge < -0.3 is 4.42 Å². The van der Waals surface area contributed by atoms with Crippen molar-refractivity contribution in [2.75, 3.05) is 0 Å². The van der Waals surface area contributed by atoms with Gasteiger partial charge in [0.15, 0.2) is 0 Å². The van der Waals surface area contributed by atoms with Gasteiger partial charge in [-0.25, -0.2) is 4.99 Å². The van der Waals surface area contributed by atoms with Crippen molar-refractivity contribution in [2.24, 2.45) is 4.99 Å². The van der Waals surface area contributed by atoms with Crippen LogP contribution in [0.5, 0.6) is 0 Å². The van der Waals surface area contributed by atoms with Crippen molar-refractivity contribution in [1.82, 2.24) is 0 Å². The van der Waals surface area contributed by atoms with Gasteiger partial charge in [0.2, 0.25) is 0 Å². The molecule has 3 nitrogen and oxygen atoms in total. The highest BCUT2D eigenvalue weighted by molar-refractivity contribution is 6.56. The minimum Gasteiger partial charge on any atom is -0.455 e. The second-order valence-corrected chi connectivity index (χ2v) is 12.2. The van der Waals surface area contributed by atoms with Gasteiger partial charge in [-0.3, -0.25) is 5.41 Å². The number of allylic oxidation sites excluding steroid dienone is 1. The molecule has 0 radical (unpaired) electrons. The van der Waals surface area contributed by atoms with Crippen molar-refractivity contribution in [3.05, 3.63) is 174 Å². The molecule has 0 bridgehead atoms. The maximum absolute atomic E-state index is 9.14. The molecule has 0 atom stereocenters. The van der Waals surface area contributed by atoms with Gasteiger partial charge in [-0.2, -0.15) is 0 Å². The number of nitrogens with one attached hydrogen (secondary N) is 1. The molecule has 0 amide bonds. The zero-order valence-corrected chi connectivity index (χ0v) is 26.4. The summed E-state index contributed by atoms with van der Waals surface area (Å²) in [6.07, 6.45) is 2.03. The number of hydrogen-bond acceptors (Lipinski definition) is 3. The first kappa shape index (κ1) is 27.9. The van der Waals surface area contributed by atoms with Crippen LogP contribution >= 0.6 is 0 Å². The van der Waals surface area contributed by atoms with E-state index in [1.54, 1.807) is 0 Å². The van der Waals surface area contributed by atoms with Crippen LogP contribution < -0.4 is 0 Å². The zero-order valence-electron chi connectivity index (χ0n) is 26.4. The SMILES string of the molecule is C/C=C(\N=C1/C(=N)c2ccccc2-c2ccccc21)c1cccc(-c2cccc(-c3cccc4c3oc3ccc5ccccc5c34)c2)c1. The average molecular weight is 615 g/mol. The molecular weight excluding hydrogens is 585 g/mol. The highest BCUT2D eigenvalue weighted by Crippen LogP contribution is 2.40. The van der Waals surface area contributed by atoms with Crippen LogP contribution in [-0.2, 0) is 0 Å². The van der Waals surface area contributed by atoms with Crippen molar-refractivity contribution in [2.45, 2.75) is 6.92 Å². The summed E-state index contributed by atoms with van der Waals surface area (Å²) in [6, 6.07) is 52.7. The first-order chi connectivity index (χ1) is 23.7. The average Bonchev–Trinajstić information content (AvgIpc) is 3.55. The molecule has 1 heterocycles. The molecule has 1 aliphatic rings. The van der Waals surface area contributed by atoms with E-state index in [-0.39, 0.29) is 0 Å². The maximum atomic E-state index is 9.14. The Morgan fingerprint density at radius 3 is 2.02 bits per heavy atom. The van der Waals surface area contributed by atoms with Crippen LogP contribution in [0.3, 0.4) is 0 Å². The number of rotatable bonds is 4. The van der Waals surface area contributed by atoms with Crippen molar-refractivity contribution in [3.8, 4) is 33.4 Å². The molecule has 0 saturated carbocycles. The first-order valence-electron chi connectivity index (χ1n) is 16.3. The van der Waals surface area contributed by atoms with E-state index in [0.29, 0.717) is 11.4 Å². The standard InChI is InChI=1S/C45H30N2O/c1-2-40(47-44-38-21-8-6-19-36(38)35-18-5-7-20-37(35)43(44)46)32-16-10-14-30(27-32)29-13-9-15-31(26-29)34-22-11-23-39-42-33-17-4-3-12-28(33)24-25-41(42)48-45(34)39/h2-27,46H,1H3/b40-2-,46-43?,47-44-. The molecule has 3 heteroatoms. The van der Waals surface area contributed by atoms with Crippen LogP contribution in [0.2, 0.25) is 0 Å². The highest BCUT2D eigenvalue weighted by atomic mass is 16.3. The number of aliphatic imine (C=N–C) groups is 1. The Labute approximate surface area is 278 Å². The molecule has 48 heavy (non-hydrogen) atoms. The number of fused-ring (bicyclic) bond motifs is 8. The Kier molecular flexibility index (Phi) is 6.51. The van der Waals surface area contributed by atoms with Crippen molar-refractivity contribution < 1.29 is 4.42 Å². The fourth-order valence-electron chi connectivity index (χ4n) is 7.17. The third kappa shape index (κ3) is 4.44. The van der Waals surface area contributed by atoms with Crippen LogP contribution in [0.4, 0.5) is 0 Å². The van der Waals surface area contributed by atoms with Gasteiger partial charge in [-0.1, -0.05) is 140 Å². The molecule has 1 aromatic heterocycles. The van der Waals surface area contributed by atoms with Crippen LogP contribution in [0.1, 0.15) is 23.6 Å². The van der Waals surface area contributed by atoms with E-state index < -0.39 is 0 Å². The summed E-state index contributed by atoms with van der Waals surface area (Å²) in [5, 5.41) is 13.8. The fourth-order valence-corrected chi connectivity index (χ4v) is 7.17. The smallest absolute Gasteiger partial charge is 0.143 e. The van der Waals surface area contributed by atoms with Gasteiger partial charge in [0.25, 0.3) is 0 Å². The Morgan fingerprint density at radius 1 is 0.562 bits per heavy atom. The van der Waals surface area contributed by atoms with Crippen molar-refractivity contribution in [3.63, 3.8) is 0 Å². The van der Waals surface area contributed by atoms with E-state index in [1.165, 1.54) is 10.8 Å². The van der Waals surface area contributed by atoms with Gasteiger partial charge in [-0.05, 0) is 63.7 Å². The fraction of sp³-hybridized carbons (Fsp3) is 0.0222. The Hall–Kier alpha value is -6.32. The largest absolute Gasteiger partial charge is 0.455 e. The van der Waals surface area contributed by atoms with Gasteiger partial charge >= 0.3 is 0 Å². The molecule has 0 spiro atoms. The predicted octanol–water partition coefficient (Wildman–Crippen LogP) is 12.0. The third-order valence-electron chi connectivity index (χ3n) is 9.46. The topological polar surface area (TPSA) is 49.4 Å². The zero-order chi connectivity index (χ0) is 32.2. The van der Waals surface area contributed by atoms with Crippen LogP contribution in [-0.4, -0.2) is 11.4 Å². The lowest BCUT2D eigenvalue weighted by atomic mass is 9.83. The lowest BCUT2D eigenvalue weighted by Crippen LogP contribution is -2.22. The summed E-state index contributed by atoms with van der Waals surface area (Å²) in [5.41, 5.74) is 13.2. The van der Waals surface area contributed by atoms with E-state index >= 15 is 0 Å². The van der Waals surface area contributed by atoms with E-state index in [0.717, 1.165) is 77.7 Å².